The van der Waals surface area contributed by atoms with Crippen LogP contribution in [0.5, 0.6) is 0 Å². The molecule has 0 aliphatic carbocycles. The summed E-state index contributed by atoms with van der Waals surface area (Å²) >= 11 is 5.20. The number of halogens is 1. The summed E-state index contributed by atoms with van der Waals surface area (Å²) in [6.45, 7) is -5.65. The number of nitrogens with one attached hydrogen (secondary N) is 1. The minimum Gasteiger partial charge on any atom is -0.394 e. The van der Waals surface area contributed by atoms with E-state index in [1.807, 2.05) is 0 Å². The lowest BCUT2D eigenvalue weighted by atomic mass is 10.0. The maximum atomic E-state index is 15.4. The summed E-state index contributed by atoms with van der Waals surface area (Å²) in [6.07, 6.45) is -5.56. The lowest BCUT2D eigenvalue weighted by Gasteiger charge is -2.32. The van der Waals surface area contributed by atoms with Crippen molar-refractivity contribution in [3.05, 3.63) is 29.3 Å². The number of H-pyrrole nitrogens is 1. The van der Waals surface area contributed by atoms with E-state index in [4.69, 9.17) is 46.5 Å². The van der Waals surface area contributed by atoms with Gasteiger partial charge in [-0.2, -0.15) is 4.98 Å². The van der Waals surface area contributed by atoms with Crippen LogP contribution in [0.15, 0.2) is 23.8 Å². The summed E-state index contributed by atoms with van der Waals surface area (Å²) in [5.74, 6) is -0.0757. The van der Waals surface area contributed by atoms with Gasteiger partial charge in [-0.25, -0.2) is 24.3 Å². The van der Waals surface area contributed by atoms with E-state index in [0.29, 0.717) is 11.2 Å². The van der Waals surface area contributed by atoms with Crippen molar-refractivity contribution in [3.63, 3.8) is 0 Å². The lowest BCUT2D eigenvalue weighted by Crippen LogP contribution is -2.45. The third kappa shape index (κ3) is 4.51. The second-order valence-corrected chi connectivity index (χ2v) is 12.9. The molecule has 19 nitrogen and oxygen atoms in total. The van der Waals surface area contributed by atoms with Crippen LogP contribution >= 0.6 is 6.72 Å². The zero-order chi connectivity index (χ0) is 30.3. The zero-order valence-corrected chi connectivity index (χ0v) is 23.4. The first-order chi connectivity index (χ1) is 20.5. The molecule has 0 aromatic carbocycles. The van der Waals surface area contributed by atoms with E-state index in [-0.39, 0.29) is 29.5 Å². The van der Waals surface area contributed by atoms with Crippen molar-refractivity contribution in [2.24, 2.45) is 0 Å². The van der Waals surface area contributed by atoms with Crippen molar-refractivity contribution in [2.75, 3.05) is 31.3 Å². The maximum absolute atomic E-state index is 15.4. The zero-order valence-electron chi connectivity index (χ0n) is 21.7. The molecule has 230 valence electrons. The normalized spacial score (nSPS) is 33.5. The van der Waals surface area contributed by atoms with Crippen molar-refractivity contribution in [1.29, 1.82) is 0 Å². The standard InChI is InChI=1S/C21H24FN10O9PS/c22-8-7(1-33)39-18(32-6-28-10-16(32)29-20(24)30-17(10)35)11(8)41-42(36,43)38-3-21-2-37-12(13(21)34)19(40-21)31-5-27-9-14(23)25-4-26-15(9)31/h4-8,11-13,18-19,33-34H,1-3H2,(H,36,43)(H2,23,25,26)(H3,24,29,30,35)/t7-,8-,11+,12-,13+,18-,19-,21-,42?/m1/s1. The second kappa shape index (κ2) is 10.2. The lowest BCUT2D eigenvalue weighted by molar-refractivity contribution is -0.183. The number of imidazole rings is 2. The third-order valence-corrected chi connectivity index (χ3v) is 9.10. The Balaban J connectivity index is 1.11. The van der Waals surface area contributed by atoms with Gasteiger partial charge in [-0.05, 0) is 11.8 Å². The first-order valence-electron chi connectivity index (χ1n) is 12.7. The Morgan fingerprint density at radius 1 is 1.19 bits per heavy atom. The average Bonchev–Trinajstić information content (AvgIpc) is 3.77. The molecule has 0 saturated carbocycles. The molecule has 4 aromatic heterocycles. The Bertz CT molecular complexity index is 1820. The van der Waals surface area contributed by atoms with Gasteiger partial charge in [-0.15, -0.1) is 0 Å². The predicted octanol–water partition coefficient (Wildman–Crippen LogP) is -2.00. The highest BCUT2D eigenvalue weighted by atomic mass is 32.5. The van der Waals surface area contributed by atoms with E-state index in [2.05, 4.69) is 29.9 Å². The van der Waals surface area contributed by atoms with Gasteiger partial charge in [0.15, 0.2) is 41.3 Å². The fourth-order valence-corrected chi connectivity index (χ4v) is 6.90. The number of hydrogen-bond donors (Lipinski definition) is 6. The van der Waals surface area contributed by atoms with Gasteiger partial charge in [0.2, 0.25) is 5.95 Å². The Morgan fingerprint density at radius 3 is 2.70 bits per heavy atom. The van der Waals surface area contributed by atoms with Crippen LogP contribution in [-0.2, 0) is 35.1 Å². The molecule has 3 fully saturated rings. The molecule has 7 rings (SSSR count). The van der Waals surface area contributed by atoms with Crippen molar-refractivity contribution in [1.82, 2.24) is 39.0 Å². The molecule has 7 heterocycles. The van der Waals surface area contributed by atoms with Crippen LogP contribution in [0.4, 0.5) is 16.2 Å². The van der Waals surface area contributed by atoms with Gasteiger partial charge in [0.1, 0.15) is 41.9 Å². The molecule has 4 aromatic rings. The summed E-state index contributed by atoms with van der Waals surface area (Å²) in [7, 11) is 0. The van der Waals surface area contributed by atoms with E-state index in [0.717, 1.165) is 6.33 Å². The summed E-state index contributed by atoms with van der Waals surface area (Å²) in [5.41, 5.74) is 9.90. The predicted molar refractivity (Wildman–Crippen MR) is 144 cm³/mol. The molecular formula is C21H24FN10O9PS. The van der Waals surface area contributed by atoms with E-state index in [9.17, 15) is 19.9 Å². The third-order valence-electron chi connectivity index (χ3n) is 7.56. The minimum atomic E-state index is -4.29. The van der Waals surface area contributed by atoms with Crippen molar-refractivity contribution < 1.29 is 42.8 Å². The number of nitrogen functional groups attached to an aromatic ring is 2. The number of ether oxygens (including phenoxy) is 3. The number of aromatic nitrogens is 8. The number of fused-ring (bicyclic) bond motifs is 4. The summed E-state index contributed by atoms with van der Waals surface area (Å²) in [5, 5.41) is 20.7. The molecule has 43 heavy (non-hydrogen) atoms. The number of aromatic amines is 1. The van der Waals surface area contributed by atoms with Crippen molar-refractivity contribution in [2.45, 2.75) is 48.6 Å². The van der Waals surface area contributed by atoms with Gasteiger partial charge in [0.05, 0.1) is 32.5 Å². The highest BCUT2D eigenvalue weighted by Crippen LogP contribution is 2.53. The Hall–Kier alpha value is -3.24. The quantitative estimate of drug-likeness (QED) is 0.113. The van der Waals surface area contributed by atoms with Crippen molar-refractivity contribution >= 4 is 52.6 Å². The maximum Gasteiger partial charge on any atom is 0.325 e. The monoisotopic (exact) mass is 642 g/mol. The van der Waals surface area contributed by atoms with E-state index in [1.165, 1.54) is 21.8 Å². The summed E-state index contributed by atoms with van der Waals surface area (Å²) in [4.78, 5) is 45.8. The first kappa shape index (κ1) is 28.5. The van der Waals surface area contributed by atoms with Crippen LogP contribution in [0.25, 0.3) is 22.3 Å². The van der Waals surface area contributed by atoms with Crippen LogP contribution in [0.2, 0.25) is 0 Å². The Labute approximate surface area is 243 Å². The van der Waals surface area contributed by atoms with Gasteiger partial charge in [-0.3, -0.25) is 23.4 Å². The number of nitrogens with zero attached hydrogens (tertiary/aromatic N) is 7. The highest BCUT2D eigenvalue weighted by Gasteiger charge is 2.63. The Kier molecular flexibility index (Phi) is 6.74. The topological polar surface area (TPSA) is 266 Å². The molecule has 1 unspecified atom stereocenters. The Morgan fingerprint density at radius 2 is 1.93 bits per heavy atom. The smallest absolute Gasteiger partial charge is 0.325 e. The van der Waals surface area contributed by atoms with Gasteiger partial charge in [0.25, 0.3) is 5.56 Å². The largest absolute Gasteiger partial charge is 0.394 e. The molecule has 9 atom stereocenters. The van der Waals surface area contributed by atoms with Crippen LogP contribution in [0.3, 0.4) is 0 Å². The number of alkyl halides is 1. The molecule has 3 aliphatic rings. The van der Waals surface area contributed by atoms with Crippen LogP contribution in [0.1, 0.15) is 12.5 Å². The molecule has 8 N–H and O–H groups in total. The molecule has 0 spiro atoms. The van der Waals surface area contributed by atoms with Gasteiger partial charge >= 0.3 is 6.72 Å². The molecule has 2 bridgehead atoms. The van der Waals surface area contributed by atoms with Crippen LogP contribution in [0, 0.1) is 0 Å². The fourth-order valence-electron chi connectivity index (χ4n) is 5.48. The molecule has 3 aliphatic heterocycles. The first-order valence-corrected chi connectivity index (χ1v) is 15.3. The summed E-state index contributed by atoms with van der Waals surface area (Å²) < 4.78 is 46.8. The van der Waals surface area contributed by atoms with Crippen LogP contribution < -0.4 is 17.0 Å². The van der Waals surface area contributed by atoms with Gasteiger partial charge < -0.3 is 45.3 Å². The molecule has 22 heteroatoms. The number of hydrogen-bond acceptors (Lipinski definition) is 16. The van der Waals surface area contributed by atoms with E-state index < -0.39 is 74.1 Å². The van der Waals surface area contributed by atoms with Crippen LogP contribution in [-0.4, -0.2) is 110 Å². The number of aliphatic hydroxyl groups excluding tert-OH is 2. The van der Waals surface area contributed by atoms with Crippen molar-refractivity contribution in [3.8, 4) is 0 Å². The number of aliphatic hydroxyl groups is 2. The highest BCUT2D eigenvalue weighted by molar-refractivity contribution is 8.07. The molecular weight excluding hydrogens is 618 g/mol. The molecule has 0 amide bonds. The fraction of sp³-hybridized carbons (Fsp3) is 0.524. The van der Waals surface area contributed by atoms with E-state index >= 15 is 4.39 Å². The van der Waals surface area contributed by atoms with E-state index in [1.54, 1.807) is 0 Å². The average molecular weight is 643 g/mol. The molecule has 3 saturated heterocycles. The van der Waals surface area contributed by atoms with Gasteiger partial charge in [0, 0.05) is 0 Å². The number of rotatable bonds is 8. The SMILES string of the molecule is Nc1nc2c(ncn2[C@@H]2O[C@H](CO)[C@@H](F)[C@@H]2OP(O)(=S)OC[C@@]23CO[C@@H]([C@H](n4cnc5c(N)ncnc54)O2)[C@@H]3O)c(=O)[nH]1. The van der Waals surface area contributed by atoms with Gasteiger partial charge in [-0.1, -0.05) is 0 Å². The summed E-state index contributed by atoms with van der Waals surface area (Å²) in [6, 6.07) is 0. The minimum absolute atomic E-state index is 0.0570. The number of anilines is 2. The molecule has 0 radical (unpaired) electrons. The second-order valence-electron chi connectivity index (χ2n) is 10.2. The number of nitrogens with two attached hydrogens (primary N) is 2.